The van der Waals surface area contributed by atoms with Crippen LogP contribution in [0.4, 0.5) is 5.95 Å². The highest BCUT2D eigenvalue weighted by atomic mass is 16.3. The highest BCUT2D eigenvalue weighted by molar-refractivity contribution is 5.98. The van der Waals surface area contributed by atoms with Gasteiger partial charge in [0, 0.05) is 48.1 Å². The molecule has 8 nitrogen and oxygen atoms in total. The topological polar surface area (TPSA) is 87.4 Å². The molecule has 2 atom stereocenters. The summed E-state index contributed by atoms with van der Waals surface area (Å²) in [5.74, 6) is 7.80. The van der Waals surface area contributed by atoms with Gasteiger partial charge < -0.3 is 19.5 Å². The fraction of sp³-hybridized carbons (Fsp3) is 0.310. The number of fused-ring (bicyclic) bond motifs is 9. The number of hydrogen-bond donors (Lipinski definition) is 1. The van der Waals surface area contributed by atoms with Gasteiger partial charge in [0.1, 0.15) is 5.82 Å². The zero-order chi connectivity index (χ0) is 25.5. The summed E-state index contributed by atoms with van der Waals surface area (Å²) < 4.78 is 2.30. The number of amides is 1. The Hall–Kier alpha value is -4.22. The summed E-state index contributed by atoms with van der Waals surface area (Å²) in [6.45, 7) is 4.71. The summed E-state index contributed by atoms with van der Waals surface area (Å²) in [5, 5.41) is 10.0. The average Bonchev–Trinajstić information content (AvgIpc) is 3.40. The number of nitrogens with zero attached hydrogens (tertiary/aromatic N) is 6. The molecule has 0 spiro atoms. The van der Waals surface area contributed by atoms with Gasteiger partial charge in [-0.2, -0.15) is 0 Å². The molecule has 1 fully saturated rings. The Bertz CT molecular complexity index is 1650. The van der Waals surface area contributed by atoms with E-state index in [9.17, 15) is 9.90 Å². The Morgan fingerprint density at radius 1 is 1.08 bits per heavy atom. The van der Waals surface area contributed by atoms with Crippen molar-refractivity contribution < 1.29 is 9.90 Å². The van der Waals surface area contributed by atoms with Crippen molar-refractivity contribution in [3.05, 3.63) is 71.3 Å². The van der Waals surface area contributed by atoms with E-state index in [1.165, 1.54) is 0 Å². The molecule has 2 aromatic heterocycles. The summed E-state index contributed by atoms with van der Waals surface area (Å²) in [4.78, 5) is 31.3. The molecular weight excluding hydrogens is 464 g/mol. The van der Waals surface area contributed by atoms with Gasteiger partial charge in [0.15, 0.2) is 0 Å². The molecule has 0 saturated carbocycles. The Morgan fingerprint density at radius 3 is 2.59 bits per heavy atom. The van der Waals surface area contributed by atoms with E-state index < -0.39 is 5.60 Å². The van der Waals surface area contributed by atoms with Crippen LogP contribution in [0.5, 0.6) is 0 Å². The highest BCUT2D eigenvalue weighted by Gasteiger charge is 2.44. The molecule has 3 aliphatic rings. The van der Waals surface area contributed by atoms with E-state index in [0.717, 1.165) is 45.5 Å². The molecule has 2 bridgehead atoms. The second-order valence-electron chi connectivity index (χ2n) is 10.5. The van der Waals surface area contributed by atoms with Crippen molar-refractivity contribution in [2.24, 2.45) is 0 Å². The van der Waals surface area contributed by atoms with Gasteiger partial charge in [-0.1, -0.05) is 18.1 Å². The first-order valence-electron chi connectivity index (χ1n) is 12.5. The number of imidazole rings is 1. The van der Waals surface area contributed by atoms with Gasteiger partial charge in [0.2, 0.25) is 5.95 Å². The van der Waals surface area contributed by atoms with Gasteiger partial charge in [-0.15, -0.1) is 5.92 Å². The molecule has 3 aliphatic heterocycles. The second kappa shape index (κ2) is 7.64. The third kappa shape index (κ3) is 3.20. The summed E-state index contributed by atoms with van der Waals surface area (Å²) in [6, 6.07) is 11.9. The predicted octanol–water partition coefficient (Wildman–Crippen LogP) is 3.56. The molecule has 1 amide bonds. The standard InChI is InChI=1S/C29H26N6O2/c1-4-6-17-7-5-8-20-25(17)23-12-24(33(3)27(20)36)26-32-21-10-9-18(11-22(21)35(23)26)19-13-30-28(31-14-19)34-15-29(2,37)16-34/h5,7-11,13-14,23-24,37H,12,15-16H2,1-3H3. The first-order valence-corrected chi connectivity index (χ1v) is 12.5. The normalized spacial score (nSPS) is 21.1. The molecule has 5 heterocycles. The van der Waals surface area contributed by atoms with Gasteiger partial charge in [0.25, 0.3) is 5.91 Å². The molecule has 2 unspecified atom stereocenters. The lowest BCUT2D eigenvalue weighted by molar-refractivity contribution is 0.0300. The van der Waals surface area contributed by atoms with Crippen molar-refractivity contribution in [3.8, 4) is 23.0 Å². The van der Waals surface area contributed by atoms with Gasteiger partial charge in [-0.05, 0) is 43.7 Å². The third-order valence-electron chi connectivity index (χ3n) is 7.81. The van der Waals surface area contributed by atoms with Crippen molar-refractivity contribution in [2.45, 2.75) is 38.0 Å². The van der Waals surface area contributed by atoms with Crippen molar-refractivity contribution in [1.29, 1.82) is 0 Å². The van der Waals surface area contributed by atoms with Crippen LogP contribution in [0.1, 0.15) is 59.7 Å². The number of aromatic nitrogens is 4. The fourth-order valence-corrected chi connectivity index (χ4v) is 6.09. The van der Waals surface area contributed by atoms with E-state index in [4.69, 9.17) is 4.98 Å². The van der Waals surface area contributed by atoms with Crippen molar-refractivity contribution in [2.75, 3.05) is 25.0 Å². The monoisotopic (exact) mass is 490 g/mol. The summed E-state index contributed by atoms with van der Waals surface area (Å²) >= 11 is 0. The summed E-state index contributed by atoms with van der Waals surface area (Å²) in [5.41, 5.74) is 5.76. The number of β-amino-alcohol motifs (C(OH)–C–C–N with tert-alkyl or cyclic N) is 1. The minimum Gasteiger partial charge on any atom is -0.386 e. The van der Waals surface area contributed by atoms with Crippen LogP contribution in [-0.4, -0.2) is 61.2 Å². The Kier molecular flexibility index (Phi) is 4.55. The van der Waals surface area contributed by atoms with Crippen LogP contribution >= 0.6 is 0 Å². The van der Waals surface area contributed by atoms with Crippen LogP contribution in [0.25, 0.3) is 22.2 Å². The predicted molar refractivity (Wildman–Crippen MR) is 140 cm³/mol. The SMILES string of the molecule is CC#Cc1cccc2c1C1CC(c3nc4ccc(-c5cnc(N6CC(C)(O)C6)nc5)cc4n31)N(C)C2=O. The maximum absolute atomic E-state index is 13.4. The third-order valence-corrected chi connectivity index (χ3v) is 7.81. The van der Waals surface area contributed by atoms with Crippen molar-refractivity contribution >= 4 is 22.9 Å². The van der Waals surface area contributed by atoms with Crippen LogP contribution in [0.2, 0.25) is 0 Å². The van der Waals surface area contributed by atoms with Crippen LogP contribution in [0, 0.1) is 11.8 Å². The van der Waals surface area contributed by atoms with E-state index in [2.05, 4.69) is 32.4 Å². The minimum atomic E-state index is -0.674. The molecule has 37 heavy (non-hydrogen) atoms. The zero-order valence-corrected chi connectivity index (χ0v) is 20.9. The number of aliphatic hydroxyl groups is 1. The smallest absolute Gasteiger partial charge is 0.254 e. The molecule has 4 aromatic rings. The molecule has 0 aliphatic carbocycles. The number of benzene rings is 2. The molecule has 184 valence electrons. The van der Waals surface area contributed by atoms with Gasteiger partial charge in [0.05, 0.1) is 41.8 Å². The van der Waals surface area contributed by atoms with Crippen LogP contribution in [0.15, 0.2) is 48.8 Å². The Morgan fingerprint density at radius 2 is 1.86 bits per heavy atom. The molecular formula is C29H26N6O2. The lowest BCUT2D eigenvalue weighted by atomic mass is 9.93. The summed E-state index contributed by atoms with van der Waals surface area (Å²) in [6.07, 6.45) is 4.44. The fourth-order valence-electron chi connectivity index (χ4n) is 6.09. The lowest BCUT2D eigenvalue weighted by Crippen LogP contribution is -2.60. The number of carbonyl (C=O) groups excluding carboxylic acids is 1. The maximum atomic E-state index is 13.4. The second-order valence-corrected chi connectivity index (χ2v) is 10.5. The minimum absolute atomic E-state index is 0.0159. The quantitative estimate of drug-likeness (QED) is 0.433. The molecule has 1 saturated heterocycles. The number of anilines is 1. The van der Waals surface area contributed by atoms with Crippen molar-refractivity contribution in [1.82, 2.24) is 24.4 Å². The molecule has 2 aromatic carbocycles. The molecule has 0 radical (unpaired) electrons. The molecule has 7 rings (SSSR count). The first kappa shape index (κ1) is 22.0. The number of hydrogen-bond acceptors (Lipinski definition) is 6. The Labute approximate surface area is 214 Å². The van der Waals surface area contributed by atoms with E-state index >= 15 is 0 Å². The molecule has 1 N–H and O–H groups in total. The Balaban J connectivity index is 1.34. The highest BCUT2D eigenvalue weighted by Crippen LogP contribution is 2.48. The van der Waals surface area contributed by atoms with E-state index in [0.29, 0.717) is 24.6 Å². The zero-order valence-electron chi connectivity index (χ0n) is 20.9. The van der Waals surface area contributed by atoms with Crippen LogP contribution in [0.3, 0.4) is 0 Å². The molecule has 8 heteroatoms. The lowest BCUT2D eigenvalue weighted by Gasteiger charge is -2.44. The number of rotatable bonds is 2. The van der Waals surface area contributed by atoms with Crippen LogP contribution in [-0.2, 0) is 0 Å². The first-order chi connectivity index (χ1) is 17.8. The van der Waals surface area contributed by atoms with E-state index in [1.54, 1.807) is 0 Å². The van der Waals surface area contributed by atoms with E-state index in [-0.39, 0.29) is 18.0 Å². The van der Waals surface area contributed by atoms with Gasteiger partial charge in [-0.25, -0.2) is 15.0 Å². The van der Waals surface area contributed by atoms with Gasteiger partial charge >= 0.3 is 0 Å². The van der Waals surface area contributed by atoms with Gasteiger partial charge in [-0.3, -0.25) is 4.79 Å². The summed E-state index contributed by atoms with van der Waals surface area (Å²) in [7, 11) is 1.87. The maximum Gasteiger partial charge on any atom is 0.254 e. The average molecular weight is 491 g/mol. The van der Waals surface area contributed by atoms with E-state index in [1.807, 2.05) is 73.4 Å². The number of carbonyl (C=O) groups is 1. The van der Waals surface area contributed by atoms with Crippen molar-refractivity contribution in [3.63, 3.8) is 0 Å². The largest absolute Gasteiger partial charge is 0.386 e. The van der Waals surface area contributed by atoms with Crippen LogP contribution < -0.4 is 4.90 Å².